The molecule has 0 radical (unpaired) electrons. The Kier molecular flexibility index (Phi) is 7.50. The molecule has 6 heteroatoms. The average molecular weight is 362 g/mol. The van der Waals surface area contributed by atoms with Gasteiger partial charge in [0.2, 0.25) is 16.9 Å². The summed E-state index contributed by atoms with van der Waals surface area (Å²) in [5, 5.41) is 2.45. The summed E-state index contributed by atoms with van der Waals surface area (Å²) in [6.07, 6.45) is 3.28. The van der Waals surface area contributed by atoms with Crippen LogP contribution in [0.1, 0.15) is 38.7 Å². The van der Waals surface area contributed by atoms with E-state index in [1.165, 1.54) is 5.56 Å². The maximum atomic E-state index is 12.5. The number of rotatable bonds is 7. The highest BCUT2D eigenvalue weighted by Crippen LogP contribution is 2.27. The van der Waals surface area contributed by atoms with Crippen molar-refractivity contribution in [3.05, 3.63) is 29.8 Å². The molecule has 0 bridgehead atoms. The fourth-order valence-electron chi connectivity index (χ4n) is 2.77. The van der Waals surface area contributed by atoms with Crippen LogP contribution < -0.4 is 10.2 Å². The van der Waals surface area contributed by atoms with Gasteiger partial charge in [-0.25, -0.2) is 0 Å². The van der Waals surface area contributed by atoms with E-state index in [0.717, 1.165) is 36.7 Å². The molecular formula is C19H26N2O3S. The molecule has 0 spiro atoms. The van der Waals surface area contributed by atoms with E-state index in [0.29, 0.717) is 18.9 Å². The molecule has 1 N–H and O–H groups in total. The molecule has 0 aromatic heterocycles. The maximum Gasteiger partial charge on any atom is 0.237 e. The van der Waals surface area contributed by atoms with Gasteiger partial charge >= 0.3 is 0 Å². The van der Waals surface area contributed by atoms with Gasteiger partial charge in [0.25, 0.3) is 0 Å². The topological polar surface area (TPSA) is 66.5 Å². The predicted octanol–water partition coefficient (Wildman–Crippen LogP) is 2.78. The third-order valence-corrected chi connectivity index (χ3v) is 5.29. The van der Waals surface area contributed by atoms with Crippen molar-refractivity contribution < 1.29 is 14.4 Å². The molecule has 1 aliphatic rings. The minimum Gasteiger partial charge on any atom is -0.348 e. The summed E-state index contributed by atoms with van der Waals surface area (Å²) in [5.41, 5.74) is 2.13. The zero-order valence-corrected chi connectivity index (χ0v) is 15.7. The monoisotopic (exact) mass is 362 g/mol. The van der Waals surface area contributed by atoms with Crippen LogP contribution in [0.2, 0.25) is 0 Å². The summed E-state index contributed by atoms with van der Waals surface area (Å²) in [5.74, 6) is 0.244. The molecule has 25 heavy (non-hydrogen) atoms. The zero-order valence-electron chi connectivity index (χ0n) is 14.9. The van der Waals surface area contributed by atoms with Crippen molar-refractivity contribution in [1.29, 1.82) is 0 Å². The lowest BCUT2D eigenvalue weighted by atomic mass is 10.0. The van der Waals surface area contributed by atoms with E-state index in [2.05, 4.69) is 5.32 Å². The molecule has 0 fully saturated rings. The molecule has 2 amide bonds. The number of anilines is 1. The van der Waals surface area contributed by atoms with Crippen LogP contribution in [0.3, 0.4) is 0 Å². The van der Waals surface area contributed by atoms with Crippen molar-refractivity contribution >= 4 is 34.4 Å². The first-order chi connectivity index (χ1) is 12.0. The molecule has 5 nitrogen and oxygen atoms in total. The Morgan fingerprint density at radius 3 is 2.80 bits per heavy atom. The first kappa shape index (κ1) is 19.5. The van der Waals surface area contributed by atoms with Gasteiger partial charge in [-0.15, -0.1) is 0 Å². The summed E-state index contributed by atoms with van der Waals surface area (Å²) >= 11 is 0.975. The van der Waals surface area contributed by atoms with Gasteiger partial charge in [0, 0.05) is 18.7 Å². The second kappa shape index (κ2) is 9.61. The van der Waals surface area contributed by atoms with E-state index in [1.54, 1.807) is 4.90 Å². The Balaban J connectivity index is 1.77. The van der Waals surface area contributed by atoms with Crippen molar-refractivity contribution in [3.8, 4) is 0 Å². The maximum absolute atomic E-state index is 12.5. The van der Waals surface area contributed by atoms with Gasteiger partial charge in [-0.05, 0) is 30.4 Å². The van der Waals surface area contributed by atoms with Crippen molar-refractivity contribution in [1.82, 2.24) is 5.32 Å². The lowest BCUT2D eigenvalue weighted by Crippen LogP contribution is -2.37. The van der Waals surface area contributed by atoms with Crippen molar-refractivity contribution in [3.63, 3.8) is 0 Å². The van der Waals surface area contributed by atoms with E-state index in [-0.39, 0.29) is 29.2 Å². The van der Waals surface area contributed by atoms with Crippen molar-refractivity contribution in [2.75, 3.05) is 23.7 Å². The van der Waals surface area contributed by atoms with Crippen molar-refractivity contribution in [2.24, 2.45) is 5.92 Å². The first-order valence-electron chi connectivity index (χ1n) is 8.81. The highest BCUT2D eigenvalue weighted by Gasteiger charge is 2.22. The number of nitrogens with one attached hydrogen (secondary N) is 1. The quantitative estimate of drug-likeness (QED) is 0.810. The SMILES string of the molecule is CC[C@H](C)CC(=O)NCC(=O)SCC(=O)N1CCCc2ccccc21. The van der Waals surface area contributed by atoms with Crippen LogP contribution in [0.25, 0.3) is 0 Å². The molecule has 1 aromatic rings. The number of benzene rings is 1. The number of nitrogens with zero attached hydrogens (tertiary/aromatic N) is 1. The van der Waals surface area contributed by atoms with E-state index < -0.39 is 0 Å². The molecule has 1 aliphatic heterocycles. The number of thioether (sulfide) groups is 1. The number of hydrogen-bond acceptors (Lipinski definition) is 4. The smallest absolute Gasteiger partial charge is 0.237 e. The van der Waals surface area contributed by atoms with Gasteiger partial charge in [0.15, 0.2) is 0 Å². The molecule has 0 saturated heterocycles. The fourth-order valence-corrected chi connectivity index (χ4v) is 3.38. The molecule has 1 heterocycles. The summed E-state index contributed by atoms with van der Waals surface area (Å²) in [6.45, 7) is 4.70. The molecule has 0 unspecified atom stereocenters. The minimum atomic E-state index is -0.184. The molecule has 1 aromatic carbocycles. The number of carbonyl (C=O) groups is 3. The number of carbonyl (C=O) groups excluding carboxylic acids is 3. The summed E-state index contributed by atoms with van der Waals surface area (Å²) in [4.78, 5) is 37.8. The van der Waals surface area contributed by atoms with Gasteiger partial charge in [0.1, 0.15) is 0 Å². The Morgan fingerprint density at radius 2 is 2.04 bits per heavy atom. The number of amides is 2. The zero-order chi connectivity index (χ0) is 18.2. The third kappa shape index (κ3) is 5.88. The Morgan fingerprint density at radius 1 is 1.28 bits per heavy atom. The normalized spacial score (nSPS) is 14.6. The van der Waals surface area contributed by atoms with Gasteiger partial charge in [0.05, 0.1) is 12.3 Å². The highest BCUT2D eigenvalue weighted by molar-refractivity contribution is 8.14. The molecule has 1 atom stereocenters. The fraction of sp³-hybridized carbons (Fsp3) is 0.526. The summed E-state index contributed by atoms with van der Waals surface area (Å²) in [7, 11) is 0. The van der Waals surface area contributed by atoms with Crippen LogP contribution in [0, 0.1) is 5.92 Å². The average Bonchev–Trinajstić information content (AvgIpc) is 2.63. The lowest BCUT2D eigenvalue weighted by Gasteiger charge is -2.29. The Bertz CT molecular complexity index is 633. The lowest BCUT2D eigenvalue weighted by molar-refractivity contribution is -0.123. The van der Waals surface area contributed by atoms with Gasteiger partial charge in [-0.1, -0.05) is 50.2 Å². The van der Waals surface area contributed by atoms with E-state index in [1.807, 2.05) is 38.1 Å². The Hall–Kier alpha value is -1.82. The van der Waals surface area contributed by atoms with Crippen LogP contribution in [0.5, 0.6) is 0 Å². The Labute approximate surface area is 153 Å². The molecular weight excluding hydrogens is 336 g/mol. The van der Waals surface area contributed by atoms with E-state index >= 15 is 0 Å². The van der Waals surface area contributed by atoms with E-state index in [4.69, 9.17) is 0 Å². The molecule has 0 saturated carbocycles. The van der Waals surface area contributed by atoms with Gasteiger partial charge in [-0.3, -0.25) is 14.4 Å². The van der Waals surface area contributed by atoms with Crippen LogP contribution in [0.15, 0.2) is 24.3 Å². The number of fused-ring (bicyclic) bond motifs is 1. The highest BCUT2D eigenvalue weighted by atomic mass is 32.2. The number of aryl methyl sites for hydroxylation is 1. The van der Waals surface area contributed by atoms with Crippen LogP contribution in [-0.2, 0) is 20.8 Å². The summed E-state index contributed by atoms with van der Waals surface area (Å²) < 4.78 is 0. The van der Waals surface area contributed by atoms with Gasteiger partial charge in [-0.2, -0.15) is 0 Å². The largest absolute Gasteiger partial charge is 0.348 e. The molecule has 136 valence electrons. The van der Waals surface area contributed by atoms with Crippen molar-refractivity contribution in [2.45, 2.75) is 39.5 Å². The minimum absolute atomic E-state index is 0.0240. The van der Waals surface area contributed by atoms with Gasteiger partial charge < -0.3 is 10.2 Å². The van der Waals surface area contributed by atoms with Crippen LogP contribution >= 0.6 is 11.8 Å². The molecule has 2 rings (SSSR count). The first-order valence-corrected chi connectivity index (χ1v) is 9.80. The number of para-hydroxylation sites is 1. The summed E-state index contributed by atoms with van der Waals surface area (Å²) in [6, 6.07) is 7.90. The predicted molar refractivity (Wildman–Crippen MR) is 102 cm³/mol. The third-order valence-electron chi connectivity index (χ3n) is 4.43. The standard InChI is InChI=1S/C19H26N2O3S/c1-3-14(2)11-17(22)20-12-19(24)25-13-18(23)21-10-6-8-15-7-4-5-9-16(15)21/h4-5,7,9,14H,3,6,8,10-13H2,1-2H3,(H,20,22)/t14-/m0/s1. The second-order valence-electron chi connectivity index (χ2n) is 6.43. The number of hydrogen-bond donors (Lipinski definition) is 1. The van der Waals surface area contributed by atoms with Crippen LogP contribution in [0.4, 0.5) is 5.69 Å². The molecule has 0 aliphatic carbocycles. The van der Waals surface area contributed by atoms with Crippen LogP contribution in [-0.4, -0.2) is 35.8 Å². The van der Waals surface area contributed by atoms with E-state index in [9.17, 15) is 14.4 Å². The second-order valence-corrected chi connectivity index (χ2v) is 7.47.